The highest BCUT2D eigenvalue weighted by Crippen LogP contribution is 2.26. The first-order valence-corrected chi connectivity index (χ1v) is 15.1. The Bertz CT molecular complexity index is 1210. The van der Waals surface area contributed by atoms with Crippen LogP contribution in [0, 0.1) is 11.3 Å². The smallest absolute Gasteiger partial charge is 0.279 e. The van der Waals surface area contributed by atoms with Crippen molar-refractivity contribution in [3.63, 3.8) is 0 Å². The quantitative estimate of drug-likeness (QED) is 0.149. The van der Waals surface area contributed by atoms with Crippen LogP contribution in [-0.4, -0.2) is 33.7 Å². The summed E-state index contributed by atoms with van der Waals surface area (Å²) in [6.07, 6.45) is 13.9. The molecule has 0 spiro atoms. The molecule has 0 saturated heterocycles. The fourth-order valence-electron chi connectivity index (χ4n) is 3.86. The van der Waals surface area contributed by atoms with Crippen LogP contribution in [0.15, 0.2) is 41.2 Å². The van der Waals surface area contributed by atoms with Crippen LogP contribution < -0.4 is 5.32 Å². The zero-order valence-electron chi connectivity index (χ0n) is 26.1. The maximum atomic E-state index is 12.7. The number of amides is 1. The molecule has 0 radical (unpaired) electrons. The van der Waals surface area contributed by atoms with Gasteiger partial charge in [0.2, 0.25) is 5.95 Å². The highest BCUT2D eigenvalue weighted by Gasteiger charge is 2.19. The van der Waals surface area contributed by atoms with Crippen molar-refractivity contribution >= 4 is 34.5 Å². The summed E-state index contributed by atoms with van der Waals surface area (Å²) in [4.78, 5) is 25.8. The molecule has 0 aliphatic heterocycles. The summed E-state index contributed by atoms with van der Waals surface area (Å²) < 4.78 is 17.8. The standard InChI is InChI=1S/C26H32FN5O2.C5H12.C2H6/c1-3-18(10-8-6-5-7-9-13-27)25-30-23(17-34-25)24(33)32-26-29-16-21-12-11-20(14-22(21)31-26)19(4-2)15-28;1-4-5(2)3;1-2/h4,11-12,14-18,28H,3,5-10,13H2,1-2H3,(H,29,31,32,33);5H,4H2,1-3H3;1-2H3/b19-4+,28-15?;;. The Labute approximate surface area is 246 Å². The van der Waals surface area contributed by atoms with E-state index in [-0.39, 0.29) is 24.2 Å². The molecule has 3 aromatic rings. The van der Waals surface area contributed by atoms with E-state index in [0.29, 0.717) is 17.8 Å². The number of benzene rings is 1. The summed E-state index contributed by atoms with van der Waals surface area (Å²) in [5.41, 5.74) is 2.51. The lowest BCUT2D eigenvalue weighted by Gasteiger charge is -2.10. The highest BCUT2D eigenvalue weighted by atomic mass is 19.1. The topological polar surface area (TPSA) is 105 Å². The Hall–Kier alpha value is -3.42. The number of anilines is 1. The summed E-state index contributed by atoms with van der Waals surface area (Å²) in [7, 11) is 0. The van der Waals surface area contributed by atoms with Crippen molar-refractivity contribution in [2.45, 2.75) is 106 Å². The molecule has 1 atom stereocenters. The molecule has 1 amide bonds. The maximum Gasteiger partial charge on any atom is 0.279 e. The van der Waals surface area contributed by atoms with E-state index in [0.717, 1.165) is 61.0 Å². The van der Waals surface area contributed by atoms with Gasteiger partial charge in [-0.3, -0.25) is 14.5 Å². The van der Waals surface area contributed by atoms with E-state index in [1.807, 2.05) is 45.0 Å². The number of hydrogen-bond acceptors (Lipinski definition) is 6. The molecule has 2 N–H and O–H groups in total. The van der Waals surface area contributed by atoms with Crippen LogP contribution in [-0.2, 0) is 0 Å². The third-order valence-corrected chi connectivity index (χ3v) is 6.71. The molecule has 2 heterocycles. The van der Waals surface area contributed by atoms with Crippen molar-refractivity contribution < 1.29 is 13.6 Å². The predicted molar refractivity (Wildman–Crippen MR) is 170 cm³/mol. The van der Waals surface area contributed by atoms with Crippen LogP contribution in [0.4, 0.5) is 10.3 Å². The Morgan fingerprint density at radius 1 is 1.07 bits per heavy atom. The van der Waals surface area contributed by atoms with E-state index >= 15 is 0 Å². The second kappa shape index (κ2) is 20.5. The third-order valence-electron chi connectivity index (χ3n) is 6.71. The largest absolute Gasteiger partial charge is 0.448 e. The number of alkyl halides is 1. The number of unbranched alkanes of at least 4 members (excludes halogenated alkanes) is 4. The summed E-state index contributed by atoms with van der Waals surface area (Å²) in [5.74, 6) is 1.34. The van der Waals surface area contributed by atoms with Crippen molar-refractivity contribution in [2.75, 3.05) is 12.0 Å². The summed E-state index contributed by atoms with van der Waals surface area (Å²) in [6.45, 7) is 14.4. The van der Waals surface area contributed by atoms with E-state index in [4.69, 9.17) is 9.83 Å². The minimum absolute atomic E-state index is 0.146. The number of allylic oxidation sites excluding steroid dienone is 2. The van der Waals surface area contributed by atoms with Crippen LogP contribution in [0.5, 0.6) is 0 Å². The van der Waals surface area contributed by atoms with E-state index in [9.17, 15) is 9.18 Å². The van der Waals surface area contributed by atoms with Crippen molar-refractivity contribution in [1.82, 2.24) is 15.0 Å². The Morgan fingerprint density at radius 2 is 1.76 bits per heavy atom. The molecule has 2 aromatic heterocycles. The molecule has 1 unspecified atom stereocenters. The van der Waals surface area contributed by atoms with Gasteiger partial charge in [0, 0.05) is 23.7 Å². The van der Waals surface area contributed by atoms with E-state index in [2.05, 4.69) is 48.0 Å². The SMILES string of the molecule is C/C=C(\C=N)c1ccc2cnc(NC(=O)c3coc(C(CC)CCCCCCCF)n3)nc2c1.CC.CCC(C)C. The lowest BCUT2D eigenvalue weighted by Crippen LogP contribution is -2.15. The minimum atomic E-state index is -0.430. The molecule has 3 rings (SSSR count). The Kier molecular flexibility index (Phi) is 17.8. The second-order valence-corrected chi connectivity index (χ2v) is 10.0. The monoisotopic (exact) mass is 567 g/mol. The number of nitrogens with zero attached hydrogens (tertiary/aromatic N) is 3. The molecule has 0 aliphatic rings. The molecule has 0 fully saturated rings. The first kappa shape index (κ1) is 35.6. The number of nitrogens with one attached hydrogen (secondary N) is 2. The molecule has 0 saturated carbocycles. The highest BCUT2D eigenvalue weighted by molar-refractivity contribution is 6.09. The lowest BCUT2D eigenvalue weighted by atomic mass is 9.98. The third kappa shape index (κ3) is 12.3. The van der Waals surface area contributed by atoms with Gasteiger partial charge in [-0.1, -0.05) is 91.9 Å². The summed E-state index contributed by atoms with van der Waals surface area (Å²) in [6, 6.07) is 5.67. The average Bonchev–Trinajstić information content (AvgIpc) is 3.49. The predicted octanol–water partition coefficient (Wildman–Crippen LogP) is 9.81. The van der Waals surface area contributed by atoms with Crippen molar-refractivity contribution in [3.8, 4) is 0 Å². The van der Waals surface area contributed by atoms with Crippen LogP contribution in [0.2, 0.25) is 0 Å². The number of halogens is 1. The zero-order chi connectivity index (χ0) is 30.6. The van der Waals surface area contributed by atoms with E-state index < -0.39 is 5.91 Å². The average molecular weight is 568 g/mol. The first-order chi connectivity index (χ1) is 19.9. The van der Waals surface area contributed by atoms with Gasteiger partial charge in [0.15, 0.2) is 11.6 Å². The molecular weight excluding hydrogens is 517 g/mol. The molecule has 41 heavy (non-hydrogen) atoms. The lowest BCUT2D eigenvalue weighted by molar-refractivity contribution is 0.102. The van der Waals surface area contributed by atoms with Crippen molar-refractivity contribution in [3.05, 3.63) is 53.9 Å². The minimum Gasteiger partial charge on any atom is -0.448 e. The summed E-state index contributed by atoms with van der Waals surface area (Å²) in [5, 5.41) is 11.1. The number of aromatic nitrogens is 3. The fraction of sp³-hybridized carbons (Fsp3) is 0.545. The molecule has 0 bridgehead atoms. The van der Waals surface area contributed by atoms with Crippen molar-refractivity contribution in [1.29, 1.82) is 5.41 Å². The number of rotatable bonds is 14. The number of hydrogen-bond donors (Lipinski definition) is 2. The molecule has 8 heteroatoms. The first-order valence-electron chi connectivity index (χ1n) is 15.1. The fourth-order valence-corrected chi connectivity index (χ4v) is 3.86. The van der Waals surface area contributed by atoms with Crippen LogP contribution in [0.25, 0.3) is 16.5 Å². The second-order valence-electron chi connectivity index (χ2n) is 10.0. The van der Waals surface area contributed by atoms with Gasteiger partial charge in [-0.15, -0.1) is 0 Å². The van der Waals surface area contributed by atoms with Gasteiger partial charge in [0.25, 0.3) is 5.91 Å². The van der Waals surface area contributed by atoms with E-state index in [1.54, 1.807) is 6.20 Å². The molecule has 0 aliphatic carbocycles. The normalized spacial score (nSPS) is 11.8. The van der Waals surface area contributed by atoms with E-state index in [1.165, 1.54) is 18.9 Å². The van der Waals surface area contributed by atoms with Gasteiger partial charge in [0.05, 0.1) is 12.2 Å². The zero-order valence-corrected chi connectivity index (χ0v) is 26.1. The number of carbonyl (C=O) groups excluding carboxylic acids is 1. The summed E-state index contributed by atoms with van der Waals surface area (Å²) >= 11 is 0. The van der Waals surface area contributed by atoms with Crippen LogP contribution in [0.3, 0.4) is 0 Å². The van der Waals surface area contributed by atoms with Gasteiger partial charge in [0.1, 0.15) is 6.26 Å². The number of oxazole rings is 1. The maximum absolute atomic E-state index is 12.7. The number of fused-ring (bicyclic) bond motifs is 1. The van der Waals surface area contributed by atoms with Crippen LogP contribution >= 0.6 is 0 Å². The van der Waals surface area contributed by atoms with Crippen LogP contribution in [0.1, 0.15) is 128 Å². The molecule has 1 aromatic carbocycles. The Balaban J connectivity index is 0.00000108. The molecule has 226 valence electrons. The Morgan fingerprint density at radius 3 is 2.37 bits per heavy atom. The molecule has 7 nitrogen and oxygen atoms in total. The molecular formula is C33H50FN5O2. The number of carbonyl (C=O) groups is 1. The van der Waals surface area contributed by atoms with Crippen molar-refractivity contribution in [2.24, 2.45) is 5.92 Å². The van der Waals surface area contributed by atoms with Gasteiger partial charge in [-0.05, 0) is 49.3 Å². The van der Waals surface area contributed by atoms with Gasteiger partial charge in [-0.25, -0.2) is 15.0 Å². The van der Waals surface area contributed by atoms with Gasteiger partial charge < -0.3 is 9.83 Å². The van der Waals surface area contributed by atoms with Gasteiger partial charge >= 0.3 is 0 Å². The van der Waals surface area contributed by atoms with Gasteiger partial charge in [-0.2, -0.15) is 0 Å².